The Morgan fingerprint density at radius 2 is 1.79 bits per heavy atom. The topological polar surface area (TPSA) is 76.1 Å². The number of amides is 1. The summed E-state index contributed by atoms with van der Waals surface area (Å²) < 4.78 is 16.6. The monoisotopic (exact) mass is 460 g/mol. The lowest BCUT2D eigenvalue weighted by Gasteiger charge is -2.36. The number of ether oxygens (including phenoxy) is 1. The van der Waals surface area contributed by atoms with Crippen LogP contribution in [0.5, 0.6) is 5.75 Å². The summed E-state index contributed by atoms with van der Waals surface area (Å²) in [6, 6.07) is 11.7. The first kappa shape index (κ1) is 22.1. The summed E-state index contributed by atoms with van der Waals surface area (Å²) in [6.07, 6.45) is 2.33. The molecular weight excluding hydrogens is 432 g/mol. The quantitative estimate of drug-likeness (QED) is 0.410. The second-order valence-corrected chi connectivity index (χ2v) is 8.80. The number of rotatable bonds is 5. The molecule has 1 aliphatic rings. The van der Waals surface area contributed by atoms with Gasteiger partial charge in [0, 0.05) is 55.0 Å². The highest BCUT2D eigenvalue weighted by atomic mass is 16.5. The molecular formula is C27H28N2O5. The molecule has 1 amide bonds. The van der Waals surface area contributed by atoms with Crippen LogP contribution < -0.4 is 15.3 Å². The highest BCUT2D eigenvalue weighted by Crippen LogP contribution is 2.30. The van der Waals surface area contributed by atoms with Gasteiger partial charge in [-0.1, -0.05) is 12.1 Å². The van der Waals surface area contributed by atoms with Crippen LogP contribution in [0.3, 0.4) is 0 Å². The van der Waals surface area contributed by atoms with Crippen LogP contribution in [0, 0.1) is 13.8 Å². The summed E-state index contributed by atoms with van der Waals surface area (Å²) in [5.41, 5.74) is 4.32. The van der Waals surface area contributed by atoms with Crippen LogP contribution in [0.1, 0.15) is 23.1 Å². The molecule has 34 heavy (non-hydrogen) atoms. The van der Waals surface area contributed by atoms with E-state index < -0.39 is 0 Å². The average molecular weight is 461 g/mol. The van der Waals surface area contributed by atoms with Crippen LogP contribution in [0.15, 0.2) is 56.3 Å². The zero-order valence-electron chi connectivity index (χ0n) is 19.7. The van der Waals surface area contributed by atoms with Crippen LogP contribution in [0.4, 0.5) is 5.69 Å². The highest BCUT2D eigenvalue weighted by Gasteiger charge is 2.23. The van der Waals surface area contributed by atoms with Crippen LogP contribution in [0.2, 0.25) is 0 Å². The van der Waals surface area contributed by atoms with Gasteiger partial charge in [-0.3, -0.25) is 4.79 Å². The molecule has 1 fully saturated rings. The molecule has 0 N–H and O–H groups in total. The van der Waals surface area contributed by atoms with E-state index in [0.717, 1.165) is 46.4 Å². The minimum atomic E-state index is -0.388. The Morgan fingerprint density at radius 3 is 2.56 bits per heavy atom. The van der Waals surface area contributed by atoms with Gasteiger partial charge in [0.1, 0.15) is 16.9 Å². The first-order chi connectivity index (χ1) is 16.5. The molecule has 0 spiro atoms. The molecule has 4 aromatic rings. The minimum Gasteiger partial charge on any atom is -0.495 e. The van der Waals surface area contributed by atoms with Gasteiger partial charge in [-0.25, -0.2) is 4.79 Å². The third-order valence-corrected chi connectivity index (χ3v) is 6.82. The van der Waals surface area contributed by atoms with Crippen molar-refractivity contribution in [3.8, 4) is 5.75 Å². The van der Waals surface area contributed by atoms with Crippen molar-refractivity contribution in [3.05, 3.63) is 69.8 Å². The molecule has 1 aliphatic heterocycles. The van der Waals surface area contributed by atoms with Crippen molar-refractivity contribution in [3.63, 3.8) is 0 Å². The van der Waals surface area contributed by atoms with Crippen molar-refractivity contribution >= 4 is 33.5 Å². The Kier molecular flexibility index (Phi) is 5.77. The molecule has 2 aromatic heterocycles. The lowest BCUT2D eigenvalue weighted by molar-refractivity contribution is -0.131. The Morgan fingerprint density at radius 1 is 1.03 bits per heavy atom. The lowest BCUT2D eigenvalue weighted by Crippen LogP contribution is -2.49. The van der Waals surface area contributed by atoms with Gasteiger partial charge >= 0.3 is 5.63 Å². The fraction of sp³-hybridized carbons (Fsp3) is 0.333. The van der Waals surface area contributed by atoms with Gasteiger partial charge in [-0.15, -0.1) is 0 Å². The van der Waals surface area contributed by atoms with E-state index in [-0.39, 0.29) is 18.0 Å². The second-order valence-electron chi connectivity index (χ2n) is 8.80. The lowest BCUT2D eigenvalue weighted by atomic mass is 10.0. The molecule has 0 unspecified atom stereocenters. The van der Waals surface area contributed by atoms with E-state index >= 15 is 0 Å². The van der Waals surface area contributed by atoms with Crippen molar-refractivity contribution < 1.29 is 18.4 Å². The molecule has 0 radical (unpaired) electrons. The summed E-state index contributed by atoms with van der Waals surface area (Å²) in [4.78, 5) is 29.8. The summed E-state index contributed by atoms with van der Waals surface area (Å²) in [7, 11) is 1.67. The first-order valence-corrected chi connectivity index (χ1v) is 11.6. The zero-order valence-corrected chi connectivity index (χ0v) is 19.7. The van der Waals surface area contributed by atoms with E-state index in [9.17, 15) is 9.59 Å². The number of para-hydroxylation sites is 2. The predicted octanol–water partition coefficient (Wildman–Crippen LogP) is 4.45. The van der Waals surface area contributed by atoms with Gasteiger partial charge in [-0.05, 0) is 49.6 Å². The van der Waals surface area contributed by atoms with Crippen molar-refractivity contribution in [2.24, 2.45) is 0 Å². The third kappa shape index (κ3) is 3.91. The number of carbonyl (C=O) groups is 1. The number of carbonyl (C=O) groups excluding carboxylic acids is 1. The maximum absolute atomic E-state index is 12.9. The molecule has 0 saturated carbocycles. The molecule has 7 heteroatoms. The number of piperazine rings is 1. The Hall–Kier alpha value is -3.74. The number of furan rings is 1. The number of nitrogens with zero attached hydrogens (tertiary/aromatic N) is 2. The molecule has 3 heterocycles. The van der Waals surface area contributed by atoms with Crippen LogP contribution in [-0.4, -0.2) is 44.1 Å². The zero-order chi connectivity index (χ0) is 23.8. The van der Waals surface area contributed by atoms with Gasteiger partial charge in [0.2, 0.25) is 5.91 Å². The molecule has 176 valence electrons. The van der Waals surface area contributed by atoms with Crippen molar-refractivity contribution in [2.75, 3.05) is 38.2 Å². The Balaban J connectivity index is 1.28. The molecule has 0 aliphatic carbocycles. The van der Waals surface area contributed by atoms with Crippen LogP contribution >= 0.6 is 0 Å². The molecule has 7 nitrogen and oxygen atoms in total. The fourth-order valence-corrected chi connectivity index (χ4v) is 4.80. The van der Waals surface area contributed by atoms with Crippen LogP contribution in [0.25, 0.3) is 21.9 Å². The molecule has 0 atom stereocenters. The third-order valence-electron chi connectivity index (χ3n) is 6.82. The van der Waals surface area contributed by atoms with Crippen molar-refractivity contribution in [2.45, 2.75) is 26.7 Å². The highest BCUT2D eigenvalue weighted by molar-refractivity contribution is 5.96. The largest absolute Gasteiger partial charge is 0.495 e. The number of methoxy groups -OCH3 is 1. The standard InChI is InChI=1S/C27H28N2O5/c1-17-16-33-24-15-25-21(14-20(17)24)18(2)19(27(31)34-25)8-9-26(30)29-12-10-28(11-13-29)22-6-4-5-7-23(22)32-3/h4-7,14-16H,8-13H2,1-3H3. The summed E-state index contributed by atoms with van der Waals surface area (Å²) in [5.74, 6) is 0.892. The van der Waals surface area contributed by atoms with E-state index in [4.69, 9.17) is 13.6 Å². The van der Waals surface area contributed by atoms with Gasteiger partial charge in [0.05, 0.1) is 19.1 Å². The summed E-state index contributed by atoms with van der Waals surface area (Å²) >= 11 is 0. The van der Waals surface area contributed by atoms with Crippen LogP contribution in [-0.2, 0) is 11.2 Å². The first-order valence-electron chi connectivity index (χ1n) is 11.6. The smallest absolute Gasteiger partial charge is 0.339 e. The van der Waals surface area contributed by atoms with Gasteiger partial charge < -0.3 is 23.4 Å². The number of anilines is 1. The maximum Gasteiger partial charge on any atom is 0.339 e. The van der Waals surface area contributed by atoms with Crippen molar-refractivity contribution in [1.29, 1.82) is 0 Å². The molecule has 0 bridgehead atoms. The van der Waals surface area contributed by atoms with Gasteiger partial charge in [0.25, 0.3) is 0 Å². The number of benzene rings is 2. The van der Waals surface area contributed by atoms with E-state index in [1.807, 2.05) is 49.1 Å². The number of fused-ring (bicyclic) bond motifs is 2. The average Bonchev–Trinajstić information content (AvgIpc) is 3.22. The molecule has 5 rings (SSSR count). The summed E-state index contributed by atoms with van der Waals surface area (Å²) in [5, 5.41) is 1.88. The molecule has 1 saturated heterocycles. The van der Waals surface area contributed by atoms with Gasteiger partial charge in [0.15, 0.2) is 0 Å². The SMILES string of the molecule is COc1ccccc1N1CCN(C(=O)CCc2c(C)c3cc4c(C)coc4cc3oc2=O)CC1. The predicted molar refractivity (Wildman–Crippen MR) is 132 cm³/mol. The normalized spacial score (nSPS) is 14.2. The van der Waals surface area contributed by atoms with Crippen molar-refractivity contribution in [1.82, 2.24) is 4.90 Å². The second kappa shape index (κ2) is 8.89. The van der Waals surface area contributed by atoms with E-state index in [2.05, 4.69) is 4.90 Å². The van der Waals surface area contributed by atoms with E-state index in [0.29, 0.717) is 36.2 Å². The fourth-order valence-electron chi connectivity index (χ4n) is 4.80. The molecule has 2 aromatic carbocycles. The maximum atomic E-state index is 12.9. The Bertz CT molecular complexity index is 1430. The van der Waals surface area contributed by atoms with Gasteiger partial charge in [-0.2, -0.15) is 0 Å². The number of aryl methyl sites for hydroxylation is 2. The van der Waals surface area contributed by atoms with E-state index in [1.54, 1.807) is 19.4 Å². The minimum absolute atomic E-state index is 0.0553. The van der Waals surface area contributed by atoms with E-state index in [1.165, 1.54) is 0 Å². The number of hydrogen-bond donors (Lipinski definition) is 0. The summed E-state index contributed by atoms with van der Waals surface area (Å²) in [6.45, 7) is 6.66. The Labute approximate surface area is 197 Å². The number of hydrogen-bond acceptors (Lipinski definition) is 6.